The number of nitrogens with zero attached hydrogens (tertiary/aromatic N) is 2. The first kappa shape index (κ1) is 15.8. The fourth-order valence-electron chi connectivity index (χ4n) is 1.86. The molecule has 0 radical (unpaired) electrons. The number of aromatic nitrogens is 1. The van der Waals surface area contributed by atoms with Gasteiger partial charge in [-0.25, -0.2) is 13.4 Å². The first-order chi connectivity index (χ1) is 10.3. The smallest absolute Gasteiger partial charge is 0.252 e. The number of nitrogens with one attached hydrogen (secondary N) is 1. The Morgan fingerprint density at radius 1 is 1.23 bits per heavy atom. The van der Waals surface area contributed by atoms with Crippen LogP contribution in [-0.4, -0.2) is 32.6 Å². The highest BCUT2D eigenvalue weighted by atomic mass is 32.2. The Hall–Kier alpha value is -2.61. The van der Waals surface area contributed by atoms with Crippen LogP contribution in [0, 0.1) is 0 Å². The average molecular weight is 320 g/mol. The Kier molecular flexibility index (Phi) is 4.32. The maximum absolute atomic E-state index is 11.7. The summed E-state index contributed by atoms with van der Waals surface area (Å²) in [7, 11) is -1.97. The topological polar surface area (TPSA) is 105 Å². The van der Waals surface area contributed by atoms with E-state index in [-0.39, 0.29) is 11.4 Å². The van der Waals surface area contributed by atoms with Gasteiger partial charge < -0.3 is 11.1 Å². The van der Waals surface area contributed by atoms with Crippen molar-refractivity contribution < 1.29 is 13.2 Å². The lowest BCUT2D eigenvalue weighted by atomic mass is 10.2. The van der Waals surface area contributed by atoms with Gasteiger partial charge in [-0.2, -0.15) is 0 Å². The number of benzene rings is 1. The summed E-state index contributed by atoms with van der Waals surface area (Å²) in [5.41, 5.74) is 6.46. The van der Waals surface area contributed by atoms with Crippen molar-refractivity contribution in [2.45, 2.75) is 0 Å². The van der Waals surface area contributed by atoms with E-state index in [4.69, 9.17) is 5.73 Å². The fraction of sp³-hybridized carbons (Fsp3) is 0.143. The molecular formula is C14H16N4O3S. The molecule has 8 heteroatoms. The molecule has 0 spiro atoms. The van der Waals surface area contributed by atoms with Crippen molar-refractivity contribution in [3.63, 3.8) is 0 Å². The molecule has 1 heterocycles. The number of nitrogens with two attached hydrogens (primary N) is 1. The van der Waals surface area contributed by atoms with E-state index >= 15 is 0 Å². The zero-order valence-corrected chi connectivity index (χ0v) is 13.0. The van der Waals surface area contributed by atoms with Gasteiger partial charge in [-0.1, -0.05) is 12.1 Å². The van der Waals surface area contributed by atoms with Crippen molar-refractivity contribution in [3.05, 3.63) is 48.2 Å². The van der Waals surface area contributed by atoms with E-state index in [0.29, 0.717) is 11.4 Å². The van der Waals surface area contributed by atoms with Crippen LogP contribution in [0.2, 0.25) is 0 Å². The van der Waals surface area contributed by atoms with Gasteiger partial charge in [-0.15, -0.1) is 0 Å². The molecule has 3 N–H and O–H groups in total. The Labute approximate surface area is 128 Å². The minimum absolute atomic E-state index is 0.222. The van der Waals surface area contributed by atoms with Crippen LogP contribution in [0.3, 0.4) is 0 Å². The summed E-state index contributed by atoms with van der Waals surface area (Å²) in [5.74, 6) is -0.353. The quantitative estimate of drug-likeness (QED) is 0.864. The molecule has 0 aliphatic carbocycles. The van der Waals surface area contributed by atoms with Crippen LogP contribution < -0.4 is 15.4 Å². The Morgan fingerprint density at radius 3 is 2.55 bits per heavy atom. The van der Waals surface area contributed by atoms with Crippen LogP contribution in [0.15, 0.2) is 42.6 Å². The second-order valence-corrected chi connectivity index (χ2v) is 6.65. The molecule has 0 saturated heterocycles. The lowest BCUT2D eigenvalue weighted by Crippen LogP contribution is -2.25. The highest BCUT2D eigenvalue weighted by Crippen LogP contribution is 2.29. The van der Waals surface area contributed by atoms with Gasteiger partial charge >= 0.3 is 0 Å². The van der Waals surface area contributed by atoms with Gasteiger partial charge in [0.2, 0.25) is 10.0 Å². The zero-order valence-electron chi connectivity index (χ0n) is 12.1. The zero-order chi connectivity index (χ0) is 16.3. The fourth-order valence-corrected chi connectivity index (χ4v) is 2.38. The predicted octanol–water partition coefficient (Wildman–Crippen LogP) is 1.32. The molecule has 1 amide bonds. The Bertz CT molecular complexity index is 805. The molecule has 0 saturated carbocycles. The summed E-state index contributed by atoms with van der Waals surface area (Å²) in [6.45, 7) is 0. The van der Waals surface area contributed by atoms with E-state index in [1.807, 2.05) is 0 Å². The Morgan fingerprint density at radius 2 is 1.91 bits per heavy atom. The van der Waals surface area contributed by atoms with E-state index in [1.165, 1.54) is 13.2 Å². The van der Waals surface area contributed by atoms with E-state index in [1.54, 1.807) is 36.4 Å². The van der Waals surface area contributed by atoms with Crippen molar-refractivity contribution in [3.8, 4) is 0 Å². The highest BCUT2D eigenvalue weighted by Gasteiger charge is 2.17. The number of pyridine rings is 1. The largest absolute Gasteiger partial charge is 0.365 e. The van der Waals surface area contributed by atoms with Crippen molar-refractivity contribution in [1.82, 2.24) is 4.98 Å². The summed E-state index contributed by atoms with van der Waals surface area (Å²) < 4.78 is 24.6. The van der Waals surface area contributed by atoms with E-state index in [0.717, 1.165) is 10.6 Å². The first-order valence-corrected chi connectivity index (χ1v) is 8.20. The minimum atomic E-state index is -3.42. The van der Waals surface area contributed by atoms with E-state index in [2.05, 4.69) is 10.3 Å². The van der Waals surface area contributed by atoms with Crippen LogP contribution in [0.5, 0.6) is 0 Å². The number of carbonyl (C=O) groups is 1. The van der Waals surface area contributed by atoms with Crippen molar-refractivity contribution in [2.75, 3.05) is 22.9 Å². The molecule has 0 aliphatic heterocycles. The second kappa shape index (κ2) is 6.02. The lowest BCUT2D eigenvalue weighted by molar-refractivity contribution is 0.100. The summed E-state index contributed by atoms with van der Waals surface area (Å²) >= 11 is 0. The number of carbonyl (C=O) groups excluding carboxylic acids is 1. The highest BCUT2D eigenvalue weighted by molar-refractivity contribution is 7.92. The van der Waals surface area contributed by atoms with Crippen molar-refractivity contribution >= 4 is 33.1 Å². The molecule has 0 unspecified atom stereocenters. The summed E-state index contributed by atoms with van der Waals surface area (Å²) in [5, 5.41) is 2.96. The third-order valence-electron chi connectivity index (χ3n) is 3.07. The molecule has 2 rings (SSSR count). The predicted molar refractivity (Wildman–Crippen MR) is 85.7 cm³/mol. The van der Waals surface area contributed by atoms with Crippen LogP contribution in [0.1, 0.15) is 10.4 Å². The van der Waals surface area contributed by atoms with Gasteiger partial charge in [0, 0.05) is 13.2 Å². The third kappa shape index (κ3) is 3.34. The Balaban J connectivity index is 2.46. The van der Waals surface area contributed by atoms with Gasteiger partial charge in [0.15, 0.2) is 0 Å². The van der Waals surface area contributed by atoms with Crippen LogP contribution >= 0.6 is 0 Å². The molecule has 116 valence electrons. The number of anilines is 3. The molecule has 0 bridgehead atoms. The summed E-state index contributed by atoms with van der Waals surface area (Å²) in [6.07, 6.45) is 2.62. The summed E-state index contributed by atoms with van der Waals surface area (Å²) in [4.78, 5) is 15.5. The first-order valence-electron chi connectivity index (χ1n) is 6.35. The minimum Gasteiger partial charge on any atom is -0.365 e. The number of hydrogen-bond acceptors (Lipinski definition) is 5. The van der Waals surface area contributed by atoms with Gasteiger partial charge in [0.1, 0.15) is 5.82 Å². The average Bonchev–Trinajstić information content (AvgIpc) is 2.46. The number of primary amides is 1. The standard InChI is InChI=1S/C14H16N4O3S/c1-18(22(2,20)21)12-8-4-3-7-11(12)17-14-10(13(15)19)6-5-9-16-14/h3-9H,1-2H3,(H2,15,19)(H,16,17). The van der Waals surface area contributed by atoms with Crippen molar-refractivity contribution in [1.29, 1.82) is 0 Å². The number of amides is 1. The molecule has 0 fully saturated rings. The van der Waals surface area contributed by atoms with Gasteiger partial charge in [0.05, 0.1) is 23.2 Å². The third-order valence-corrected chi connectivity index (χ3v) is 4.26. The molecule has 7 nitrogen and oxygen atoms in total. The van der Waals surface area contributed by atoms with Gasteiger partial charge in [0.25, 0.3) is 5.91 Å². The maximum Gasteiger partial charge on any atom is 0.252 e. The number of sulfonamides is 1. The molecule has 2 aromatic rings. The molecule has 1 aromatic carbocycles. The van der Waals surface area contributed by atoms with Gasteiger partial charge in [-0.3, -0.25) is 9.10 Å². The number of hydrogen-bond donors (Lipinski definition) is 2. The normalized spacial score (nSPS) is 11.0. The summed E-state index contributed by atoms with van der Waals surface area (Å²) in [6, 6.07) is 9.94. The van der Waals surface area contributed by atoms with Crippen LogP contribution in [0.25, 0.3) is 0 Å². The molecule has 0 atom stereocenters. The second-order valence-electron chi connectivity index (χ2n) is 4.64. The number of rotatable bonds is 5. The SMILES string of the molecule is CN(c1ccccc1Nc1ncccc1C(N)=O)S(C)(=O)=O. The molecular weight excluding hydrogens is 304 g/mol. The van der Waals surface area contributed by atoms with E-state index in [9.17, 15) is 13.2 Å². The van der Waals surface area contributed by atoms with Crippen LogP contribution in [0.4, 0.5) is 17.2 Å². The molecule has 22 heavy (non-hydrogen) atoms. The number of para-hydroxylation sites is 2. The monoisotopic (exact) mass is 320 g/mol. The molecule has 0 aliphatic rings. The maximum atomic E-state index is 11.7. The van der Waals surface area contributed by atoms with Gasteiger partial charge in [-0.05, 0) is 24.3 Å². The van der Waals surface area contributed by atoms with Crippen molar-refractivity contribution in [2.24, 2.45) is 5.73 Å². The molecule has 1 aromatic heterocycles. The van der Waals surface area contributed by atoms with Crippen LogP contribution in [-0.2, 0) is 10.0 Å². The lowest BCUT2D eigenvalue weighted by Gasteiger charge is -2.21. The van der Waals surface area contributed by atoms with E-state index < -0.39 is 15.9 Å².